The van der Waals surface area contributed by atoms with Gasteiger partial charge in [-0.2, -0.15) is 0 Å². The van der Waals surface area contributed by atoms with Gasteiger partial charge in [0.2, 0.25) is 11.9 Å². The first kappa shape index (κ1) is 22.0. The quantitative estimate of drug-likeness (QED) is 0.725. The summed E-state index contributed by atoms with van der Waals surface area (Å²) in [6, 6.07) is 0.838. The minimum absolute atomic E-state index is 0.0697. The van der Waals surface area contributed by atoms with Gasteiger partial charge in [-0.1, -0.05) is 12.8 Å². The maximum atomic E-state index is 13.2. The molecule has 4 fully saturated rings. The predicted octanol–water partition coefficient (Wildman–Crippen LogP) is 2.74. The fourth-order valence-electron chi connectivity index (χ4n) is 6.84. The molecule has 2 bridgehead atoms. The predicted molar refractivity (Wildman–Crippen MR) is 119 cm³/mol. The number of hydrogen-bond acceptors (Lipinski definition) is 6. The number of fused-ring (bicyclic) bond motifs is 2. The number of primary amides is 1. The van der Waals surface area contributed by atoms with E-state index in [2.05, 4.69) is 19.8 Å². The van der Waals surface area contributed by atoms with E-state index in [1.807, 2.05) is 0 Å². The minimum Gasteiger partial charge on any atom is -0.379 e. The fourth-order valence-corrected chi connectivity index (χ4v) is 6.84. The van der Waals surface area contributed by atoms with Gasteiger partial charge in [-0.15, -0.1) is 0 Å². The summed E-state index contributed by atoms with van der Waals surface area (Å²) in [4.78, 5) is 25.4. The van der Waals surface area contributed by atoms with Crippen LogP contribution in [-0.2, 0) is 9.53 Å². The first-order chi connectivity index (χ1) is 15.5. The molecule has 32 heavy (non-hydrogen) atoms. The van der Waals surface area contributed by atoms with Crippen molar-refractivity contribution < 1.29 is 13.9 Å². The number of carbonyl (C=O) groups excluding carboxylic acids is 1. The molecule has 1 aromatic heterocycles. The summed E-state index contributed by atoms with van der Waals surface area (Å²) in [6.07, 6.45) is 12.9. The Labute approximate surface area is 189 Å². The first-order valence-electron chi connectivity index (χ1n) is 12.4. The number of aromatic nitrogens is 2. The summed E-state index contributed by atoms with van der Waals surface area (Å²) >= 11 is 0. The molecule has 1 aromatic rings. The van der Waals surface area contributed by atoms with Gasteiger partial charge < -0.3 is 15.4 Å². The zero-order valence-electron chi connectivity index (χ0n) is 19.0. The average molecular weight is 446 g/mol. The van der Waals surface area contributed by atoms with Crippen LogP contribution in [0.1, 0.15) is 57.8 Å². The van der Waals surface area contributed by atoms with E-state index < -0.39 is 5.82 Å². The molecule has 5 atom stereocenters. The van der Waals surface area contributed by atoms with Crippen LogP contribution >= 0.6 is 0 Å². The lowest BCUT2D eigenvalue weighted by Gasteiger charge is -2.51. The Morgan fingerprint density at radius 3 is 2.34 bits per heavy atom. The summed E-state index contributed by atoms with van der Waals surface area (Å²) in [6.45, 7) is 1.59. The highest BCUT2D eigenvalue weighted by atomic mass is 19.1. The van der Waals surface area contributed by atoms with Crippen LogP contribution in [0.25, 0.3) is 0 Å². The van der Waals surface area contributed by atoms with E-state index in [-0.39, 0.29) is 18.1 Å². The lowest BCUT2D eigenvalue weighted by molar-refractivity contribution is -0.129. The standard InChI is InChI=1S/C24H36FN5O2/c1-32-21-14-29(24-27-12-17(25)13-28-24)9-8-20(21)16-10-18-4-2-3-5-19(11-16)30(18)22(23(26)31)15-6-7-15/h12-13,15-16,18-22H,2-11,14H2,1H3,(H2,26,31)/t16?,18?,19?,20-,21-,22-/m1/s1. The highest BCUT2D eigenvalue weighted by Crippen LogP contribution is 2.46. The molecular weight excluding hydrogens is 409 g/mol. The van der Waals surface area contributed by atoms with Crippen LogP contribution in [0, 0.1) is 23.6 Å². The Bertz CT molecular complexity index is 788. The Balaban J connectivity index is 1.31. The van der Waals surface area contributed by atoms with Crippen molar-refractivity contribution in [1.82, 2.24) is 14.9 Å². The highest BCUT2D eigenvalue weighted by Gasteiger charge is 2.49. The number of anilines is 1. The van der Waals surface area contributed by atoms with Gasteiger partial charge in [-0.05, 0) is 62.7 Å². The summed E-state index contributed by atoms with van der Waals surface area (Å²) in [5.74, 6) is 1.58. The number of methoxy groups -OCH3 is 1. The molecule has 5 rings (SSSR count). The lowest BCUT2D eigenvalue weighted by atomic mass is 9.72. The molecule has 0 aromatic carbocycles. The molecule has 0 spiro atoms. The van der Waals surface area contributed by atoms with Gasteiger partial charge in [0.05, 0.1) is 24.5 Å². The van der Waals surface area contributed by atoms with Gasteiger partial charge >= 0.3 is 0 Å². The van der Waals surface area contributed by atoms with E-state index in [1.54, 1.807) is 7.11 Å². The van der Waals surface area contributed by atoms with E-state index in [4.69, 9.17) is 10.5 Å². The van der Waals surface area contributed by atoms with Gasteiger partial charge in [0.1, 0.15) is 0 Å². The van der Waals surface area contributed by atoms with E-state index in [0.29, 0.717) is 35.8 Å². The van der Waals surface area contributed by atoms with Crippen LogP contribution in [0.15, 0.2) is 12.4 Å². The number of piperidine rings is 2. The Hall–Kier alpha value is -1.80. The summed E-state index contributed by atoms with van der Waals surface area (Å²) in [5.41, 5.74) is 5.92. The molecule has 4 heterocycles. The van der Waals surface area contributed by atoms with Crippen molar-refractivity contribution in [3.63, 3.8) is 0 Å². The smallest absolute Gasteiger partial charge is 0.235 e. The summed E-state index contributed by atoms with van der Waals surface area (Å²) in [7, 11) is 1.80. The minimum atomic E-state index is -0.415. The molecule has 4 aliphatic rings. The SMILES string of the molecule is CO[C@@H]1CN(c2ncc(F)cn2)CC[C@@H]1C1CC2CCCCC(C1)N2[C@@H](C(N)=O)C1CC1. The van der Waals surface area contributed by atoms with Crippen LogP contribution in [-0.4, -0.2) is 65.2 Å². The third-order valence-corrected chi connectivity index (χ3v) is 8.41. The fraction of sp³-hybridized carbons (Fsp3) is 0.792. The van der Waals surface area contributed by atoms with E-state index in [0.717, 1.165) is 45.2 Å². The summed E-state index contributed by atoms with van der Waals surface area (Å²) in [5, 5.41) is 0. The zero-order chi connectivity index (χ0) is 22.2. The molecule has 7 nitrogen and oxygen atoms in total. The topological polar surface area (TPSA) is 84.6 Å². The number of halogens is 1. The number of rotatable bonds is 6. The van der Waals surface area contributed by atoms with Crippen molar-refractivity contribution >= 4 is 11.9 Å². The van der Waals surface area contributed by atoms with Crippen molar-refractivity contribution in [2.75, 3.05) is 25.1 Å². The van der Waals surface area contributed by atoms with E-state index >= 15 is 0 Å². The number of nitrogens with zero attached hydrogens (tertiary/aromatic N) is 4. The molecule has 0 radical (unpaired) electrons. The van der Waals surface area contributed by atoms with E-state index in [1.165, 1.54) is 38.1 Å². The maximum Gasteiger partial charge on any atom is 0.235 e. The van der Waals surface area contributed by atoms with Crippen molar-refractivity contribution in [3.05, 3.63) is 18.2 Å². The lowest BCUT2D eigenvalue weighted by Crippen LogP contribution is -2.60. The number of nitrogens with two attached hydrogens (primary N) is 1. The van der Waals surface area contributed by atoms with Crippen molar-refractivity contribution in [1.29, 1.82) is 0 Å². The third-order valence-electron chi connectivity index (χ3n) is 8.41. The van der Waals surface area contributed by atoms with Crippen LogP contribution in [0.4, 0.5) is 10.3 Å². The molecule has 2 unspecified atom stereocenters. The van der Waals surface area contributed by atoms with Crippen molar-refractivity contribution in [3.8, 4) is 0 Å². The Morgan fingerprint density at radius 2 is 1.78 bits per heavy atom. The largest absolute Gasteiger partial charge is 0.379 e. The molecule has 3 aliphatic heterocycles. The average Bonchev–Trinajstić information content (AvgIpc) is 3.63. The maximum absolute atomic E-state index is 13.2. The molecule has 8 heteroatoms. The number of carbonyl (C=O) groups is 1. The van der Waals surface area contributed by atoms with Gasteiger partial charge in [0, 0.05) is 32.3 Å². The molecular formula is C24H36FN5O2. The van der Waals surface area contributed by atoms with E-state index in [9.17, 15) is 9.18 Å². The second-order valence-electron chi connectivity index (χ2n) is 10.3. The van der Waals surface area contributed by atoms with Crippen molar-refractivity contribution in [2.45, 2.75) is 82.0 Å². The zero-order valence-corrected chi connectivity index (χ0v) is 19.0. The van der Waals surface area contributed by atoms with Gasteiger partial charge in [-0.3, -0.25) is 9.69 Å². The second kappa shape index (κ2) is 9.21. The number of ether oxygens (including phenoxy) is 1. The molecule has 1 saturated carbocycles. The molecule has 1 amide bonds. The number of amides is 1. The van der Waals surface area contributed by atoms with Gasteiger partial charge in [-0.25, -0.2) is 14.4 Å². The van der Waals surface area contributed by atoms with Gasteiger partial charge in [0.25, 0.3) is 0 Å². The monoisotopic (exact) mass is 445 g/mol. The summed E-state index contributed by atoms with van der Waals surface area (Å²) < 4.78 is 19.2. The van der Waals surface area contributed by atoms with Crippen LogP contribution in [0.2, 0.25) is 0 Å². The molecule has 1 aliphatic carbocycles. The number of hydrogen-bond donors (Lipinski definition) is 1. The Kier molecular flexibility index (Phi) is 6.34. The highest BCUT2D eigenvalue weighted by molar-refractivity contribution is 5.80. The third kappa shape index (κ3) is 4.36. The van der Waals surface area contributed by atoms with Gasteiger partial charge in [0.15, 0.2) is 5.82 Å². The molecule has 3 saturated heterocycles. The van der Waals surface area contributed by atoms with Crippen molar-refractivity contribution in [2.24, 2.45) is 23.5 Å². The second-order valence-corrected chi connectivity index (χ2v) is 10.3. The van der Waals surface area contributed by atoms with Crippen LogP contribution in [0.5, 0.6) is 0 Å². The van der Waals surface area contributed by atoms with Crippen LogP contribution in [0.3, 0.4) is 0 Å². The normalized spacial score (nSPS) is 34.7. The van der Waals surface area contributed by atoms with Crippen LogP contribution < -0.4 is 10.6 Å². The molecule has 176 valence electrons. The molecule has 2 N–H and O–H groups in total. The Morgan fingerprint density at radius 1 is 1.12 bits per heavy atom. The first-order valence-corrected chi connectivity index (χ1v) is 12.4.